The van der Waals surface area contributed by atoms with Crippen LogP contribution in [0.2, 0.25) is 0 Å². The van der Waals surface area contributed by atoms with Crippen molar-refractivity contribution in [2.45, 2.75) is 11.3 Å². The van der Waals surface area contributed by atoms with Crippen molar-refractivity contribution in [3.8, 4) is 0 Å². The molecule has 0 amide bonds. The van der Waals surface area contributed by atoms with Crippen LogP contribution in [0.1, 0.15) is 11.5 Å². The molecule has 0 aromatic heterocycles. The fraction of sp³-hybridized carbons (Fsp3) is 0.333. The van der Waals surface area contributed by atoms with Crippen LogP contribution in [-0.2, 0) is 19.1 Å². The van der Waals surface area contributed by atoms with Crippen LogP contribution in [-0.4, -0.2) is 31.5 Å². The van der Waals surface area contributed by atoms with Crippen LogP contribution in [0, 0.1) is 0 Å². The van der Waals surface area contributed by atoms with Gasteiger partial charge in [0.2, 0.25) is 0 Å². The van der Waals surface area contributed by atoms with E-state index < -0.39 is 23.2 Å². The van der Waals surface area contributed by atoms with Crippen molar-refractivity contribution in [3.05, 3.63) is 35.9 Å². The second-order valence-electron chi connectivity index (χ2n) is 3.34. The average Bonchev–Trinajstić information content (AvgIpc) is 2.38. The summed E-state index contributed by atoms with van der Waals surface area (Å²) in [6.45, 7) is 0. The average molecular weight is 257 g/mol. The van der Waals surface area contributed by atoms with Crippen LogP contribution < -0.4 is 0 Å². The number of hydrogen-bond acceptors (Lipinski definition) is 4. The maximum Gasteiger partial charge on any atom is 0.325 e. The SMILES string of the molecule is COC(=O)[C@H](Cl)[C@@H](C(=O)OC)c1ccccc1. The summed E-state index contributed by atoms with van der Waals surface area (Å²) in [4.78, 5) is 23.0. The molecule has 0 spiro atoms. The van der Waals surface area contributed by atoms with Crippen LogP contribution in [0.3, 0.4) is 0 Å². The van der Waals surface area contributed by atoms with Gasteiger partial charge in [0.15, 0.2) is 0 Å². The smallest absolute Gasteiger partial charge is 0.325 e. The van der Waals surface area contributed by atoms with Gasteiger partial charge in [-0.2, -0.15) is 0 Å². The zero-order valence-electron chi connectivity index (χ0n) is 9.55. The maximum atomic E-state index is 11.7. The highest BCUT2D eigenvalue weighted by Crippen LogP contribution is 2.26. The summed E-state index contributed by atoms with van der Waals surface area (Å²) in [7, 11) is 2.47. The lowest BCUT2D eigenvalue weighted by atomic mass is 9.95. The molecule has 4 nitrogen and oxygen atoms in total. The van der Waals surface area contributed by atoms with Gasteiger partial charge in [0, 0.05) is 0 Å². The standard InChI is InChI=1S/C12H13ClO4/c1-16-11(14)9(10(13)12(15)17-2)8-6-4-3-5-7-8/h3-7,9-10H,1-2H3/t9-,10+/m0/s1. The van der Waals surface area contributed by atoms with Crippen molar-refractivity contribution in [1.82, 2.24) is 0 Å². The molecule has 0 saturated carbocycles. The Morgan fingerprint density at radius 1 is 1.06 bits per heavy atom. The first-order valence-electron chi connectivity index (χ1n) is 4.96. The van der Waals surface area contributed by atoms with Crippen molar-refractivity contribution in [2.24, 2.45) is 0 Å². The van der Waals surface area contributed by atoms with Crippen LogP contribution in [0.4, 0.5) is 0 Å². The first-order valence-corrected chi connectivity index (χ1v) is 5.40. The fourth-order valence-corrected chi connectivity index (χ4v) is 1.80. The van der Waals surface area contributed by atoms with Gasteiger partial charge in [-0.05, 0) is 5.56 Å². The first kappa shape index (κ1) is 13.5. The first-order chi connectivity index (χ1) is 8.11. The van der Waals surface area contributed by atoms with Gasteiger partial charge in [-0.15, -0.1) is 11.6 Å². The van der Waals surface area contributed by atoms with Crippen molar-refractivity contribution in [1.29, 1.82) is 0 Å². The lowest BCUT2D eigenvalue weighted by Gasteiger charge is -2.18. The number of methoxy groups -OCH3 is 2. The Balaban J connectivity index is 3.05. The topological polar surface area (TPSA) is 52.6 Å². The van der Waals surface area contributed by atoms with E-state index in [-0.39, 0.29) is 0 Å². The Kier molecular flexibility index (Phi) is 4.97. The minimum atomic E-state index is -1.10. The molecule has 0 aliphatic rings. The maximum absolute atomic E-state index is 11.7. The Hall–Kier alpha value is -1.55. The summed E-state index contributed by atoms with van der Waals surface area (Å²) in [5.74, 6) is -2.09. The van der Waals surface area contributed by atoms with Gasteiger partial charge >= 0.3 is 11.9 Å². The molecule has 0 bridgehead atoms. The summed E-state index contributed by atoms with van der Waals surface area (Å²) in [6.07, 6.45) is 0. The number of benzene rings is 1. The molecular formula is C12H13ClO4. The third-order valence-electron chi connectivity index (χ3n) is 2.33. The van der Waals surface area contributed by atoms with Gasteiger partial charge in [0.25, 0.3) is 0 Å². The van der Waals surface area contributed by atoms with Crippen molar-refractivity contribution >= 4 is 23.5 Å². The molecule has 0 radical (unpaired) electrons. The second-order valence-corrected chi connectivity index (χ2v) is 3.81. The lowest BCUT2D eigenvalue weighted by Crippen LogP contribution is -2.30. The minimum absolute atomic E-state index is 0.568. The summed E-state index contributed by atoms with van der Waals surface area (Å²) >= 11 is 5.93. The van der Waals surface area contributed by atoms with E-state index in [0.717, 1.165) is 0 Å². The molecule has 0 N–H and O–H groups in total. The van der Waals surface area contributed by atoms with E-state index in [1.165, 1.54) is 14.2 Å². The van der Waals surface area contributed by atoms with Gasteiger partial charge in [0.05, 0.1) is 14.2 Å². The normalized spacial score (nSPS) is 13.6. The van der Waals surface area contributed by atoms with Crippen LogP contribution in [0.15, 0.2) is 30.3 Å². The van der Waals surface area contributed by atoms with Gasteiger partial charge in [-0.3, -0.25) is 9.59 Å². The van der Waals surface area contributed by atoms with E-state index in [1.807, 2.05) is 0 Å². The summed E-state index contributed by atoms with van der Waals surface area (Å²) < 4.78 is 9.18. The lowest BCUT2D eigenvalue weighted by molar-refractivity contribution is -0.148. The molecule has 0 unspecified atom stereocenters. The van der Waals surface area contributed by atoms with E-state index in [4.69, 9.17) is 11.6 Å². The number of esters is 2. The van der Waals surface area contributed by atoms with Gasteiger partial charge in [0.1, 0.15) is 11.3 Å². The number of alkyl halides is 1. The summed E-state index contributed by atoms with van der Waals surface area (Å²) in [5, 5.41) is -1.10. The van der Waals surface area contributed by atoms with Crippen LogP contribution in [0.5, 0.6) is 0 Å². The predicted octanol–water partition coefficient (Wildman–Crippen LogP) is 1.72. The van der Waals surface area contributed by atoms with E-state index in [9.17, 15) is 9.59 Å². The van der Waals surface area contributed by atoms with E-state index in [1.54, 1.807) is 30.3 Å². The third kappa shape index (κ3) is 3.20. The molecule has 1 aromatic rings. The highest BCUT2D eigenvalue weighted by Gasteiger charge is 2.35. The van der Waals surface area contributed by atoms with Crippen molar-refractivity contribution < 1.29 is 19.1 Å². The number of hydrogen-bond donors (Lipinski definition) is 0. The Morgan fingerprint density at radius 3 is 2.06 bits per heavy atom. The quantitative estimate of drug-likeness (QED) is 0.608. The molecule has 17 heavy (non-hydrogen) atoms. The Labute approximate surface area is 104 Å². The number of carbonyl (C=O) groups is 2. The summed E-state index contributed by atoms with van der Waals surface area (Å²) in [6, 6.07) is 8.73. The fourth-order valence-electron chi connectivity index (χ4n) is 1.46. The van der Waals surface area contributed by atoms with Crippen molar-refractivity contribution in [3.63, 3.8) is 0 Å². The Morgan fingerprint density at radius 2 is 1.59 bits per heavy atom. The molecular weight excluding hydrogens is 244 g/mol. The minimum Gasteiger partial charge on any atom is -0.468 e. The molecule has 0 fully saturated rings. The third-order valence-corrected chi connectivity index (χ3v) is 2.76. The molecule has 0 aliphatic carbocycles. The highest BCUT2D eigenvalue weighted by atomic mass is 35.5. The zero-order valence-corrected chi connectivity index (χ0v) is 10.3. The van der Waals surface area contributed by atoms with Gasteiger partial charge in [-0.25, -0.2) is 0 Å². The van der Waals surface area contributed by atoms with Crippen LogP contribution >= 0.6 is 11.6 Å². The molecule has 0 saturated heterocycles. The molecule has 5 heteroatoms. The molecule has 0 heterocycles. The number of halogens is 1. The summed E-state index contributed by atoms with van der Waals surface area (Å²) in [5.41, 5.74) is 0.616. The highest BCUT2D eigenvalue weighted by molar-refractivity contribution is 6.32. The monoisotopic (exact) mass is 256 g/mol. The van der Waals surface area contributed by atoms with Gasteiger partial charge < -0.3 is 9.47 Å². The zero-order chi connectivity index (χ0) is 12.8. The number of carbonyl (C=O) groups excluding carboxylic acids is 2. The second kappa shape index (κ2) is 6.25. The molecule has 0 aliphatic heterocycles. The largest absolute Gasteiger partial charge is 0.468 e. The van der Waals surface area contributed by atoms with Crippen LogP contribution in [0.25, 0.3) is 0 Å². The van der Waals surface area contributed by atoms with E-state index in [2.05, 4.69) is 9.47 Å². The van der Waals surface area contributed by atoms with Gasteiger partial charge in [-0.1, -0.05) is 30.3 Å². The van der Waals surface area contributed by atoms with E-state index >= 15 is 0 Å². The van der Waals surface area contributed by atoms with Crippen molar-refractivity contribution in [2.75, 3.05) is 14.2 Å². The number of rotatable bonds is 4. The van der Waals surface area contributed by atoms with E-state index in [0.29, 0.717) is 5.56 Å². The Bertz CT molecular complexity index is 391. The molecule has 1 rings (SSSR count). The molecule has 1 aromatic carbocycles. The molecule has 92 valence electrons. The predicted molar refractivity (Wildman–Crippen MR) is 62.9 cm³/mol. The molecule has 2 atom stereocenters. The number of ether oxygens (including phenoxy) is 2.